The van der Waals surface area contributed by atoms with Crippen molar-refractivity contribution in [2.24, 2.45) is 11.7 Å². The largest absolute Gasteiger partial charge is 0.457 e. The number of carbonyl (C=O) groups excluding carboxylic acids is 1. The molecule has 0 heterocycles. The fraction of sp³-hybridized carbons (Fsp3) is 0.0833. The lowest BCUT2D eigenvalue weighted by molar-refractivity contribution is -0.120. The Bertz CT molecular complexity index is 1300. The van der Waals surface area contributed by atoms with Crippen molar-refractivity contribution in [1.29, 1.82) is 5.41 Å². The molecule has 0 saturated carbocycles. The number of anilines is 1. The lowest BCUT2D eigenvalue weighted by Gasteiger charge is -2.18. The molecule has 0 aliphatic heterocycles. The van der Waals surface area contributed by atoms with Gasteiger partial charge in [-0.25, -0.2) is 8.42 Å². The van der Waals surface area contributed by atoms with Gasteiger partial charge in [0, 0.05) is 22.6 Å². The summed E-state index contributed by atoms with van der Waals surface area (Å²) in [7, 11) is -3.70. The molecule has 162 valence electrons. The molecule has 0 saturated heterocycles. The van der Waals surface area contributed by atoms with E-state index in [1.165, 1.54) is 0 Å². The molecule has 0 spiro atoms. The number of nitrogens with two attached hydrogens (primary N) is 1. The third kappa shape index (κ3) is 4.13. The molecule has 4 rings (SSSR count). The van der Waals surface area contributed by atoms with Gasteiger partial charge in [-0.2, -0.15) is 0 Å². The van der Waals surface area contributed by atoms with Crippen molar-refractivity contribution in [3.8, 4) is 11.5 Å². The molecular weight excluding hydrogens is 426 g/mol. The van der Waals surface area contributed by atoms with Gasteiger partial charge in [0.2, 0.25) is 5.91 Å². The van der Waals surface area contributed by atoms with Crippen LogP contribution in [0.4, 0.5) is 5.69 Å². The molecule has 0 radical (unpaired) electrons. The summed E-state index contributed by atoms with van der Waals surface area (Å²) in [6.45, 7) is 3.27. The minimum Gasteiger partial charge on any atom is -0.457 e. The number of benzene rings is 3. The number of amides is 1. The van der Waals surface area contributed by atoms with Crippen LogP contribution in [0.1, 0.15) is 22.6 Å². The van der Waals surface area contributed by atoms with Crippen LogP contribution in [-0.2, 0) is 14.8 Å². The van der Waals surface area contributed by atoms with Crippen LogP contribution < -0.4 is 15.2 Å². The molecule has 1 aliphatic rings. The highest BCUT2D eigenvalue weighted by Crippen LogP contribution is 2.43. The lowest BCUT2D eigenvalue weighted by Crippen LogP contribution is -2.31. The molecule has 7 nitrogen and oxygen atoms in total. The molecule has 32 heavy (non-hydrogen) atoms. The summed E-state index contributed by atoms with van der Waals surface area (Å²) in [5, 5.41) is 9.34. The van der Waals surface area contributed by atoms with Crippen LogP contribution >= 0.6 is 0 Å². The van der Waals surface area contributed by atoms with E-state index in [9.17, 15) is 13.2 Å². The molecule has 0 fully saturated rings. The first kappa shape index (κ1) is 21.3. The second kappa shape index (κ2) is 8.32. The van der Waals surface area contributed by atoms with Crippen molar-refractivity contribution in [2.75, 3.05) is 4.72 Å². The van der Waals surface area contributed by atoms with Crippen LogP contribution in [-0.4, -0.2) is 20.0 Å². The Balaban J connectivity index is 1.68. The standard InChI is InChI=1S/C24H21N3O4S/c1-2-32(29,30)27-16-10-13-19-20(14-16)23(25)22(24(26)28)21(19)15-8-11-18(12-9-15)31-17-6-4-3-5-7-17/h2-14,21-22,25,27H,1H2,(H2,26,28). The van der Waals surface area contributed by atoms with E-state index in [0.29, 0.717) is 17.1 Å². The van der Waals surface area contributed by atoms with Crippen LogP contribution in [0.15, 0.2) is 84.8 Å². The van der Waals surface area contributed by atoms with Crippen LogP contribution in [0.2, 0.25) is 0 Å². The molecule has 2 unspecified atom stereocenters. The Hall–Kier alpha value is -3.91. The molecule has 3 aromatic carbocycles. The molecule has 1 amide bonds. The number of fused-ring (bicyclic) bond motifs is 1. The third-order valence-corrected chi connectivity index (χ3v) is 6.29. The fourth-order valence-corrected chi connectivity index (χ4v) is 4.43. The zero-order valence-corrected chi connectivity index (χ0v) is 17.8. The average Bonchev–Trinajstić information content (AvgIpc) is 3.07. The first-order chi connectivity index (χ1) is 15.3. The van der Waals surface area contributed by atoms with Gasteiger partial charge < -0.3 is 15.9 Å². The van der Waals surface area contributed by atoms with Crippen LogP contribution in [0, 0.1) is 11.3 Å². The van der Waals surface area contributed by atoms with E-state index < -0.39 is 27.8 Å². The molecule has 0 aromatic heterocycles. The van der Waals surface area contributed by atoms with Gasteiger partial charge in [0.05, 0.1) is 11.6 Å². The Morgan fingerprint density at radius 1 is 1.03 bits per heavy atom. The summed E-state index contributed by atoms with van der Waals surface area (Å²) < 4.78 is 31.8. The number of para-hydroxylation sites is 1. The van der Waals surface area contributed by atoms with Crippen LogP contribution in [0.25, 0.3) is 0 Å². The average molecular weight is 448 g/mol. The topological polar surface area (TPSA) is 122 Å². The van der Waals surface area contributed by atoms with E-state index in [1.807, 2.05) is 42.5 Å². The van der Waals surface area contributed by atoms with Gasteiger partial charge in [-0.3, -0.25) is 9.52 Å². The predicted octanol–water partition coefficient (Wildman–Crippen LogP) is 3.98. The molecule has 2 atom stereocenters. The van der Waals surface area contributed by atoms with Crippen molar-refractivity contribution in [3.05, 3.63) is 101 Å². The lowest BCUT2D eigenvalue weighted by atomic mass is 9.85. The van der Waals surface area contributed by atoms with Crippen LogP contribution in [0.3, 0.4) is 0 Å². The number of primary amides is 1. The Morgan fingerprint density at radius 3 is 2.31 bits per heavy atom. The smallest absolute Gasteiger partial charge is 0.254 e. The van der Waals surface area contributed by atoms with Gasteiger partial charge in [0.25, 0.3) is 10.0 Å². The highest BCUT2D eigenvalue weighted by Gasteiger charge is 2.41. The van der Waals surface area contributed by atoms with Crippen molar-refractivity contribution in [3.63, 3.8) is 0 Å². The summed E-state index contributed by atoms with van der Waals surface area (Å²) in [6.07, 6.45) is 0. The van der Waals surface area contributed by atoms with Gasteiger partial charge >= 0.3 is 0 Å². The molecule has 1 aliphatic carbocycles. The zero-order valence-electron chi connectivity index (χ0n) is 17.0. The normalized spacial score (nSPS) is 17.4. The predicted molar refractivity (Wildman–Crippen MR) is 123 cm³/mol. The molecule has 0 bridgehead atoms. The molecular formula is C24H21N3O4S. The molecule has 3 aromatic rings. The first-order valence-electron chi connectivity index (χ1n) is 9.79. The van der Waals surface area contributed by atoms with Crippen molar-refractivity contribution < 1.29 is 17.9 Å². The maximum absolute atomic E-state index is 12.3. The summed E-state index contributed by atoms with van der Waals surface area (Å²) >= 11 is 0. The van der Waals surface area contributed by atoms with E-state index in [0.717, 1.165) is 16.5 Å². The van der Waals surface area contributed by atoms with Crippen molar-refractivity contribution >= 4 is 27.3 Å². The summed E-state index contributed by atoms with van der Waals surface area (Å²) in [6, 6.07) is 21.5. The van der Waals surface area contributed by atoms with E-state index >= 15 is 0 Å². The SMILES string of the molecule is C=CS(=O)(=O)Nc1ccc2c(c1)C(=N)C(C(N)=O)C2c1ccc(Oc2ccccc2)cc1. The quantitative estimate of drug-likeness (QED) is 0.507. The van der Waals surface area contributed by atoms with Gasteiger partial charge in [0.15, 0.2) is 0 Å². The van der Waals surface area contributed by atoms with E-state index in [4.69, 9.17) is 15.9 Å². The minimum atomic E-state index is -3.70. The second-order valence-corrected chi connectivity index (χ2v) is 9.00. The second-order valence-electron chi connectivity index (χ2n) is 7.37. The number of rotatable bonds is 7. The fourth-order valence-electron chi connectivity index (χ4n) is 3.89. The summed E-state index contributed by atoms with van der Waals surface area (Å²) in [4.78, 5) is 12.3. The number of carbonyl (C=O) groups is 1. The van der Waals surface area contributed by atoms with Gasteiger partial charge in [0.1, 0.15) is 11.5 Å². The minimum absolute atomic E-state index is 0.0572. The number of hydrogen-bond donors (Lipinski definition) is 3. The summed E-state index contributed by atoms with van der Waals surface area (Å²) in [5.41, 5.74) is 8.01. The van der Waals surface area contributed by atoms with E-state index in [1.54, 1.807) is 30.3 Å². The number of hydrogen-bond acceptors (Lipinski definition) is 5. The Kier molecular flexibility index (Phi) is 5.54. The third-order valence-electron chi connectivity index (χ3n) is 5.33. The van der Waals surface area contributed by atoms with Gasteiger partial charge in [-0.15, -0.1) is 0 Å². The molecule has 8 heteroatoms. The van der Waals surface area contributed by atoms with E-state index in [-0.39, 0.29) is 11.4 Å². The maximum atomic E-state index is 12.3. The van der Waals surface area contributed by atoms with Crippen LogP contribution in [0.5, 0.6) is 11.5 Å². The Labute approximate surface area is 186 Å². The number of sulfonamides is 1. The van der Waals surface area contributed by atoms with Crippen molar-refractivity contribution in [2.45, 2.75) is 5.92 Å². The van der Waals surface area contributed by atoms with Gasteiger partial charge in [-0.1, -0.05) is 43.0 Å². The monoisotopic (exact) mass is 447 g/mol. The maximum Gasteiger partial charge on any atom is 0.254 e. The number of nitrogens with one attached hydrogen (secondary N) is 2. The molecule has 4 N–H and O–H groups in total. The number of ether oxygens (including phenoxy) is 1. The van der Waals surface area contributed by atoms with E-state index in [2.05, 4.69) is 11.3 Å². The Morgan fingerprint density at radius 2 is 1.69 bits per heavy atom. The highest BCUT2D eigenvalue weighted by atomic mass is 32.2. The summed E-state index contributed by atoms with van der Waals surface area (Å²) in [5.74, 6) is -0.590. The highest BCUT2D eigenvalue weighted by molar-refractivity contribution is 7.95. The zero-order chi connectivity index (χ0) is 22.9. The van der Waals surface area contributed by atoms with Crippen molar-refractivity contribution in [1.82, 2.24) is 0 Å². The van der Waals surface area contributed by atoms with Gasteiger partial charge in [-0.05, 0) is 47.5 Å². The first-order valence-corrected chi connectivity index (χ1v) is 11.3.